The third-order valence-corrected chi connectivity index (χ3v) is 3.32. The van der Waals surface area contributed by atoms with Gasteiger partial charge in [-0.05, 0) is 39.1 Å². The Balaban J connectivity index is 2.27. The van der Waals surface area contributed by atoms with Gasteiger partial charge in [-0.1, -0.05) is 6.07 Å². The van der Waals surface area contributed by atoms with Crippen LogP contribution in [0.25, 0.3) is 0 Å². The molecule has 0 radical (unpaired) electrons. The third-order valence-electron chi connectivity index (χ3n) is 2.45. The van der Waals surface area contributed by atoms with E-state index in [2.05, 4.69) is 31.2 Å². The molecular formula is C13H17N3OS. The number of hydrogen-bond acceptors (Lipinski definition) is 3. The zero-order valence-corrected chi connectivity index (χ0v) is 11.8. The normalized spacial score (nSPS) is 11.6. The number of anilines is 1. The summed E-state index contributed by atoms with van der Waals surface area (Å²) >= 11 is 1.43. The molecule has 0 atom stereocenters. The van der Waals surface area contributed by atoms with Gasteiger partial charge in [-0.2, -0.15) is 5.10 Å². The minimum atomic E-state index is -0.160. The number of aryl methyl sites for hydroxylation is 1. The number of hydrogen-bond donors (Lipinski definition) is 1. The molecule has 1 N–H and O–H groups in total. The maximum Gasteiger partial charge on any atom is 0.266 e. The molecule has 0 aliphatic heterocycles. The first-order valence-corrected chi connectivity index (χ1v) is 6.68. The molecular weight excluding hydrogens is 246 g/mol. The predicted molar refractivity (Wildman–Crippen MR) is 74.2 cm³/mol. The third kappa shape index (κ3) is 2.61. The van der Waals surface area contributed by atoms with Crippen molar-refractivity contribution in [2.45, 2.75) is 33.2 Å². The van der Waals surface area contributed by atoms with Gasteiger partial charge in [0.25, 0.3) is 5.91 Å². The molecule has 1 amide bonds. The highest BCUT2D eigenvalue weighted by molar-refractivity contribution is 7.12. The molecule has 18 heavy (non-hydrogen) atoms. The first kappa shape index (κ1) is 12.8. The molecule has 2 aromatic heterocycles. The van der Waals surface area contributed by atoms with Gasteiger partial charge in [-0.3, -0.25) is 4.79 Å². The summed E-state index contributed by atoms with van der Waals surface area (Å²) in [6.45, 7) is 8.09. The Morgan fingerprint density at radius 2 is 2.17 bits per heavy atom. The molecule has 0 aromatic carbocycles. The van der Waals surface area contributed by atoms with Crippen LogP contribution in [0.2, 0.25) is 0 Å². The van der Waals surface area contributed by atoms with Crippen molar-refractivity contribution in [2.75, 3.05) is 5.32 Å². The van der Waals surface area contributed by atoms with E-state index in [1.807, 2.05) is 35.2 Å². The van der Waals surface area contributed by atoms with E-state index in [1.54, 1.807) is 0 Å². The minimum Gasteiger partial charge on any atom is -0.306 e. The van der Waals surface area contributed by atoms with E-state index < -0.39 is 0 Å². The van der Waals surface area contributed by atoms with Gasteiger partial charge in [0.2, 0.25) is 0 Å². The topological polar surface area (TPSA) is 46.9 Å². The quantitative estimate of drug-likeness (QED) is 0.904. The maximum absolute atomic E-state index is 12.0. The molecule has 0 aliphatic rings. The molecule has 0 spiro atoms. The molecule has 0 saturated heterocycles. The van der Waals surface area contributed by atoms with Crippen molar-refractivity contribution in [3.05, 3.63) is 34.2 Å². The summed E-state index contributed by atoms with van der Waals surface area (Å²) in [6.07, 6.45) is 0. The average molecular weight is 263 g/mol. The van der Waals surface area contributed by atoms with Crippen molar-refractivity contribution < 1.29 is 4.79 Å². The number of amides is 1. The Morgan fingerprint density at radius 3 is 2.72 bits per heavy atom. The molecule has 2 rings (SSSR count). The Kier molecular flexibility index (Phi) is 3.26. The smallest absolute Gasteiger partial charge is 0.266 e. The van der Waals surface area contributed by atoms with Crippen molar-refractivity contribution in [2.24, 2.45) is 0 Å². The summed E-state index contributed by atoms with van der Waals surface area (Å²) in [7, 11) is 0. The lowest BCUT2D eigenvalue weighted by molar-refractivity contribution is 0.102. The molecule has 0 aliphatic carbocycles. The van der Waals surface area contributed by atoms with E-state index in [1.165, 1.54) is 11.3 Å². The van der Waals surface area contributed by atoms with Crippen LogP contribution < -0.4 is 5.32 Å². The Labute approximate surface area is 111 Å². The largest absolute Gasteiger partial charge is 0.306 e. The van der Waals surface area contributed by atoms with Crippen molar-refractivity contribution >= 4 is 23.1 Å². The molecule has 96 valence electrons. The molecule has 0 unspecified atom stereocenters. The first-order chi connectivity index (χ1) is 8.38. The van der Waals surface area contributed by atoms with Crippen molar-refractivity contribution in [1.29, 1.82) is 0 Å². The second-order valence-corrected chi connectivity index (χ2v) is 6.13. The van der Waals surface area contributed by atoms with E-state index >= 15 is 0 Å². The second-order valence-electron chi connectivity index (χ2n) is 5.19. The lowest BCUT2D eigenvalue weighted by atomic mass is 10.1. The molecule has 2 heterocycles. The van der Waals surface area contributed by atoms with Crippen molar-refractivity contribution in [1.82, 2.24) is 9.78 Å². The standard InChI is InChI=1S/C13H17N3OS/c1-9-8-11(16(15-9)13(2,3)4)14-12(17)10-6-5-7-18-10/h5-8H,1-4H3,(H,14,17). The van der Waals surface area contributed by atoms with Crippen LogP contribution in [0, 0.1) is 6.92 Å². The van der Waals surface area contributed by atoms with Gasteiger partial charge in [0, 0.05) is 6.07 Å². The lowest BCUT2D eigenvalue weighted by Crippen LogP contribution is -2.26. The fraction of sp³-hybridized carbons (Fsp3) is 0.385. The van der Waals surface area contributed by atoms with Crippen LogP contribution in [0.5, 0.6) is 0 Å². The highest BCUT2D eigenvalue weighted by Crippen LogP contribution is 2.22. The number of nitrogens with zero attached hydrogens (tertiary/aromatic N) is 2. The highest BCUT2D eigenvalue weighted by atomic mass is 32.1. The second kappa shape index (κ2) is 4.57. The summed E-state index contributed by atoms with van der Waals surface area (Å²) < 4.78 is 1.84. The summed E-state index contributed by atoms with van der Waals surface area (Å²) in [5, 5.41) is 9.22. The molecule has 0 fully saturated rings. The molecule has 0 saturated carbocycles. The van der Waals surface area contributed by atoms with Crippen LogP contribution >= 0.6 is 11.3 Å². The summed E-state index contributed by atoms with van der Waals surface area (Å²) in [5.74, 6) is 0.647. The fourth-order valence-corrected chi connectivity index (χ4v) is 2.30. The molecule has 4 nitrogen and oxygen atoms in total. The average Bonchev–Trinajstić information content (AvgIpc) is 2.85. The molecule has 5 heteroatoms. The number of carbonyl (C=O) groups is 1. The minimum absolute atomic E-state index is 0.0876. The van der Waals surface area contributed by atoms with E-state index in [4.69, 9.17) is 0 Å². The van der Waals surface area contributed by atoms with Crippen LogP contribution in [0.1, 0.15) is 36.1 Å². The number of nitrogens with one attached hydrogen (secondary N) is 1. The zero-order chi connectivity index (χ0) is 13.3. The number of aromatic nitrogens is 2. The Bertz CT molecular complexity index is 549. The molecule has 2 aromatic rings. The Morgan fingerprint density at radius 1 is 1.44 bits per heavy atom. The van der Waals surface area contributed by atoms with Crippen LogP contribution in [-0.4, -0.2) is 15.7 Å². The highest BCUT2D eigenvalue weighted by Gasteiger charge is 2.20. The van der Waals surface area contributed by atoms with Crippen LogP contribution in [0.4, 0.5) is 5.82 Å². The number of carbonyl (C=O) groups excluding carboxylic acids is 1. The van der Waals surface area contributed by atoms with Crippen LogP contribution in [0.3, 0.4) is 0 Å². The van der Waals surface area contributed by atoms with E-state index in [0.717, 1.165) is 11.5 Å². The van der Waals surface area contributed by atoms with E-state index in [0.29, 0.717) is 4.88 Å². The number of thiophene rings is 1. The zero-order valence-electron chi connectivity index (χ0n) is 11.0. The van der Waals surface area contributed by atoms with E-state index in [-0.39, 0.29) is 11.4 Å². The van der Waals surface area contributed by atoms with Gasteiger partial charge in [-0.15, -0.1) is 11.3 Å². The summed E-state index contributed by atoms with van der Waals surface area (Å²) in [6, 6.07) is 5.56. The summed E-state index contributed by atoms with van der Waals surface area (Å²) in [5.41, 5.74) is 0.734. The first-order valence-electron chi connectivity index (χ1n) is 5.80. The van der Waals surface area contributed by atoms with Gasteiger partial charge in [0.05, 0.1) is 16.1 Å². The monoisotopic (exact) mass is 263 g/mol. The maximum atomic E-state index is 12.0. The summed E-state index contributed by atoms with van der Waals surface area (Å²) in [4.78, 5) is 12.7. The van der Waals surface area contributed by atoms with Gasteiger partial charge in [0.15, 0.2) is 0 Å². The van der Waals surface area contributed by atoms with Crippen molar-refractivity contribution in [3.63, 3.8) is 0 Å². The van der Waals surface area contributed by atoms with Gasteiger partial charge < -0.3 is 5.32 Å². The van der Waals surface area contributed by atoms with Crippen LogP contribution in [-0.2, 0) is 5.54 Å². The van der Waals surface area contributed by atoms with E-state index in [9.17, 15) is 4.79 Å². The SMILES string of the molecule is Cc1cc(NC(=O)c2cccs2)n(C(C)(C)C)n1. The van der Waals surface area contributed by atoms with Crippen molar-refractivity contribution in [3.8, 4) is 0 Å². The lowest BCUT2D eigenvalue weighted by Gasteiger charge is -2.22. The number of rotatable bonds is 2. The van der Waals surface area contributed by atoms with Gasteiger partial charge in [-0.25, -0.2) is 4.68 Å². The van der Waals surface area contributed by atoms with Gasteiger partial charge >= 0.3 is 0 Å². The fourth-order valence-electron chi connectivity index (χ4n) is 1.69. The van der Waals surface area contributed by atoms with Gasteiger partial charge in [0.1, 0.15) is 5.82 Å². The Hall–Kier alpha value is -1.62. The van der Waals surface area contributed by atoms with Crippen LogP contribution in [0.15, 0.2) is 23.6 Å². The molecule has 0 bridgehead atoms. The predicted octanol–water partition coefficient (Wildman–Crippen LogP) is 3.26.